The van der Waals surface area contributed by atoms with Gasteiger partial charge in [-0.1, -0.05) is 50.1 Å². The van der Waals surface area contributed by atoms with Gasteiger partial charge in [-0.3, -0.25) is 0 Å². The predicted molar refractivity (Wildman–Crippen MR) is 69.8 cm³/mol. The molecule has 0 aliphatic carbocycles. The molecule has 0 bridgehead atoms. The number of hydrogen-bond acceptors (Lipinski definition) is 3. The summed E-state index contributed by atoms with van der Waals surface area (Å²) in [6.45, 7) is 2.41. The zero-order chi connectivity index (χ0) is 12.5. The molecule has 0 aliphatic rings. The number of rotatable bonds is 8. The first-order chi connectivity index (χ1) is 8.27. The van der Waals surface area contributed by atoms with Gasteiger partial charge in [-0.15, -0.1) is 0 Å². The van der Waals surface area contributed by atoms with Gasteiger partial charge in [-0.05, 0) is 12.0 Å². The predicted octanol–water partition coefficient (Wildman–Crippen LogP) is 1.86. The first-order valence-electron chi connectivity index (χ1n) is 6.35. The minimum Gasteiger partial charge on any atom is -0.394 e. The zero-order valence-electron chi connectivity index (χ0n) is 10.5. The average molecular weight is 237 g/mol. The van der Waals surface area contributed by atoms with Crippen molar-refractivity contribution in [3.8, 4) is 0 Å². The van der Waals surface area contributed by atoms with Crippen LogP contribution in [0.25, 0.3) is 0 Å². The van der Waals surface area contributed by atoms with Crippen molar-refractivity contribution >= 4 is 0 Å². The lowest BCUT2D eigenvalue weighted by molar-refractivity contribution is 0.0914. The number of unbranched alkanes of at least 4 members (excludes halogenated alkanes) is 1. The first kappa shape index (κ1) is 14.2. The summed E-state index contributed by atoms with van der Waals surface area (Å²) in [6.07, 6.45) is 2.69. The largest absolute Gasteiger partial charge is 0.394 e. The van der Waals surface area contributed by atoms with Crippen LogP contribution in [0.5, 0.6) is 0 Å². The summed E-state index contributed by atoms with van der Waals surface area (Å²) < 4.78 is 0. The monoisotopic (exact) mass is 237 g/mol. The summed E-state index contributed by atoms with van der Waals surface area (Å²) in [6, 6.07) is 10.5. The van der Waals surface area contributed by atoms with Crippen molar-refractivity contribution in [2.75, 3.05) is 13.2 Å². The Kier molecular flexibility index (Phi) is 6.86. The Labute approximate surface area is 103 Å². The van der Waals surface area contributed by atoms with Gasteiger partial charge in [-0.2, -0.15) is 0 Å². The van der Waals surface area contributed by atoms with Gasteiger partial charge in [0.1, 0.15) is 0 Å². The lowest BCUT2D eigenvalue weighted by Crippen LogP contribution is -2.32. The molecule has 1 aromatic rings. The van der Waals surface area contributed by atoms with Crippen LogP contribution < -0.4 is 5.32 Å². The number of nitrogens with one attached hydrogen (secondary N) is 1. The van der Waals surface area contributed by atoms with Gasteiger partial charge in [0, 0.05) is 12.6 Å². The van der Waals surface area contributed by atoms with Crippen LogP contribution >= 0.6 is 0 Å². The Morgan fingerprint density at radius 1 is 1.24 bits per heavy atom. The Bertz CT molecular complexity index is 290. The van der Waals surface area contributed by atoms with Crippen molar-refractivity contribution in [3.63, 3.8) is 0 Å². The molecule has 0 fully saturated rings. The number of benzene rings is 1. The Hall–Kier alpha value is -0.900. The third-order valence-electron chi connectivity index (χ3n) is 2.86. The second-order valence-corrected chi connectivity index (χ2v) is 4.35. The highest BCUT2D eigenvalue weighted by Crippen LogP contribution is 2.18. The minimum absolute atomic E-state index is 0.192. The van der Waals surface area contributed by atoms with E-state index in [2.05, 4.69) is 24.4 Å². The van der Waals surface area contributed by atoms with E-state index < -0.39 is 6.10 Å². The molecule has 0 aromatic heterocycles. The molecule has 3 heteroatoms. The molecule has 0 saturated carbocycles. The van der Waals surface area contributed by atoms with E-state index in [9.17, 15) is 5.11 Å². The van der Waals surface area contributed by atoms with E-state index in [4.69, 9.17) is 5.11 Å². The number of aliphatic hydroxyl groups is 2. The highest BCUT2D eigenvalue weighted by molar-refractivity contribution is 5.18. The molecule has 1 aromatic carbocycles. The van der Waals surface area contributed by atoms with Gasteiger partial charge in [0.2, 0.25) is 0 Å². The van der Waals surface area contributed by atoms with E-state index in [1.165, 1.54) is 5.56 Å². The van der Waals surface area contributed by atoms with Gasteiger partial charge in [0.15, 0.2) is 0 Å². The van der Waals surface area contributed by atoms with Crippen LogP contribution in [0.2, 0.25) is 0 Å². The summed E-state index contributed by atoms with van der Waals surface area (Å²) in [5.41, 5.74) is 1.24. The van der Waals surface area contributed by atoms with Crippen LogP contribution in [-0.4, -0.2) is 29.5 Å². The SMILES string of the molecule is CCCCC(NCC(O)CO)c1ccccc1. The zero-order valence-corrected chi connectivity index (χ0v) is 10.5. The topological polar surface area (TPSA) is 52.5 Å². The van der Waals surface area contributed by atoms with Crippen molar-refractivity contribution in [2.24, 2.45) is 0 Å². The highest BCUT2D eigenvalue weighted by Gasteiger charge is 2.11. The maximum absolute atomic E-state index is 9.37. The van der Waals surface area contributed by atoms with Crippen molar-refractivity contribution in [3.05, 3.63) is 35.9 Å². The fourth-order valence-electron chi connectivity index (χ4n) is 1.82. The van der Waals surface area contributed by atoms with Crippen molar-refractivity contribution in [1.29, 1.82) is 0 Å². The van der Waals surface area contributed by atoms with Gasteiger partial charge in [-0.25, -0.2) is 0 Å². The smallest absolute Gasteiger partial charge is 0.0895 e. The molecule has 2 atom stereocenters. The lowest BCUT2D eigenvalue weighted by atomic mass is 10.0. The fourth-order valence-corrected chi connectivity index (χ4v) is 1.82. The summed E-state index contributed by atoms with van der Waals surface area (Å²) in [4.78, 5) is 0. The van der Waals surface area contributed by atoms with E-state index in [0.29, 0.717) is 6.54 Å². The first-order valence-corrected chi connectivity index (χ1v) is 6.35. The molecule has 0 amide bonds. The summed E-state index contributed by atoms with van der Waals surface area (Å²) in [5, 5.41) is 21.5. The van der Waals surface area contributed by atoms with Gasteiger partial charge in [0.05, 0.1) is 12.7 Å². The van der Waals surface area contributed by atoms with Gasteiger partial charge in [0.25, 0.3) is 0 Å². The van der Waals surface area contributed by atoms with E-state index >= 15 is 0 Å². The van der Waals surface area contributed by atoms with Gasteiger partial charge < -0.3 is 15.5 Å². The molecule has 0 spiro atoms. The maximum Gasteiger partial charge on any atom is 0.0895 e. The second-order valence-electron chi connectivity index (χ2n) is 4.35. The molecule has 0 aliphatic heterocycles. The standard InChI is InChI=1S/C14H23NO2/c1-2-3-9-14(15-10-13(17)11-16)12-7-5-4-6-8-12/h4-8,13-17H,2-3,9-11H2,1H3. The van der Waals surface area contributed by atoms with E-state index in [-0.39, 0.29) is 12.6 Å². The van der Waals surface area contributed by atoms with Crippen LogP contribution in [-0.2, 0) is 0 Å². The van der Waals surface area contributed by atoms with Crippen LogP contribution in [0.1, 0.15) is 37.8 Å². The molecule has 96 valence electrons. The third-order valence-corrected chi connectivity index (χ3v) is 2.86. The van der Waals surface area contributed by atoms with Crippen LogP contribution in [0.4, 0.5) is 0 Å². The molecular formula is C14H23NO2. The number of aliphatic hydroxyl groups excluding tert-OH is 2. The van der Waals surface area contributed by atoms with E-state index in [1.807, 2.05) is 18.2 Å². The van der Waals surface area contributed by atoms with Crippen LogP contribution in [0.15, 0.2) is 30.3 Å². The van der Waals surface area contributed by atoms with E-state index in [1.54, 1.807) is 0 Å². The Balaban J connectivity index is 2.54. The molecule has 1 rings (SSSR count). The van der Waals surface area contributed by atoms with Crippen LogP contribution in [0.3, 0.4) is 0 Å². The molecule has 0 heterocycles. The van der Waals surface area contributed by atoms with E-state index in [0.717, 1.165) is 19.3 Å². The highest BCUT2D eigenvalue weighted by atomic mass is 16.3. The van der Waals surface area contributed by atoms with Crippen molar-refractivity contribution < 1.29 is 10.2 Å². The summed E-state index contributed by atoms with van der Waals surface area (Å²) in [7, 11) is 0. The molecular weight excluding hydrogens is 214 g/mol. The molecule has 2 unspecified atom stereocenters. The second kappa shape index (κ2) is 8.23. The van der Waals surface area contributed by atoms with Crippen LogP contribution in [0, 0.1) is 0 Å². The Morgan fingerprint density at radius 3 is 2.53 bits per heavy atom. The minimum atomic E-state index is -0.678. The molecule has 0 saturated heterocycles. The molecule has 0 radical (unpaired) electrons. The van der Waals surface area contributed by atoms with Gasteiger partial charge >= 0.3 is 0 Å². The maximum atomic E-state index is 9.37. The number of hydrogen-bond donors (Lipinski definition) is 3. The molecule has 3 N–H and O–H groups in total. The lowest BCUT2D eigenvalue weighted by Gasteiger charge is -2.20. The normalized spacial score (nSPS) is 14.5. The molecule has 3 nitrogen and oxygen atoms in total. The van der Waals surface area contributed by atoms with Crippen molar-refractivity contribution in [2.45, 2.75) is 38.3 Å². The summed E-state index contributed by atoms with van der Waals surface area (Å²) >= 11 is 0. The van der Waals surface area contributed by atoms with Crippen molar-refractivity contribution in [1.82, 2.24) is 5.32 Å². The Morgan fingerprint density at radius 2 is 1.94 bits per heavy atom. The fraction of sp³-hybridized carbons (Fsp3) is 0.571. The summed E-state index contributed by atoms with van der Waals surface area (Å²) in [5.74, 6) is 0. The quantitative estimate of drug-likeness (QED) is 0.647. The third kappa shape index (κ3) is 5.31. The molecule has 17 heavy (non-hydrogen) atoms. The average Bonchev–Trinajstić information content (AvgIpc) is 2.39.